The molecule has 0 fully saturated rings. The molecule has 3 nitrogen and oxygen atoms in total. The van der Waals surface area contributed by atoms with E-state index in [1.165, 1.54) is 6.92 Å². The van der Waals surface area contributed by atoms with Gasteiger partial charge in [0.1, 0.15) is 6.10 Å². The third-order valence-corrected chi connectivity index (χ3v) is 2.66. The van der Waals surface area contributed by atoms with E-state index >= 15 is 0 Å². The highest BCUT2D eigenvalue weighted by atomic mass is 35.5. The fourth-order valence-corrected chi connectivity index (χ4v) is 1.50. The van der Waals surface area contributed by atoms with E-state index in [1.54, 1.807) is 0 Å². The Hall–Kier alpha value is -0.120. The van der Waals surface area contributed by atoms with Crippen LogP contribution in [0.15, 0.2) is 0 Å². The van der Waals surface area contributed by atoms with Crippen molar-refractivity contribution in [1.82, 2.24) is 4.84 Å². The highest BCUT2D eigenvalue weighted by Gasteiger charge is 2.26. The molecule has 0 amide bonds. The van der Waals surface area contributed by atoms with Crippen molar-refractivity contribution < 1.29 is 9.90 Å². The molecule has 0 saturated carbocycles. The molecule has 0 aliphatic carbocycles. The third kappa shape index (κ3) is 4.07. The molecule has 78 valence electrons. The Balaban J connectivity index is 4.30. The number of aliphatic hydroxyl groups is 1. The number of nitrogens with one attached hydrogen (secondary N) is 1. The van der Waals surface area contributed by atoms with E-state index in [-0.39, 0.29) is 17.6 Å². The summed E-state index contributed by atoms with van der Waals surface area (Å²) in [6.45, 7) is 5.88. The minimum Gasteiger partial charge on any atom is -0.385 e. The first kappa shape index (κ1) is 12.9. The van der Waals surface area contributed by atoms with Gasteiger partial charge in [-0.2, -0.15) is 0 Å². The second-order valence-corrected chi connectivity index (χ2v) is 3.71. The summed E-state index contributed by atoms with van der Waals surface area (Å²) in [5.74, 6) is -0.0117. The van der Waals surface area contributed by atoms with Crippen molar-refractivity contribution in [3.63, 3.8) is 0 Å². The Kier molecular flexibility index (Phi) is 6.29. The maximum Gasteiger partial charge on any atom is 0.158 e. The maximum atomic E-state index is 11.0. The second-order valence-electron chi connectivity index (χ2n) is 3.44. The lowest BCUT2D eigenvalue weighted by Gasteiger charge is -2.25. The van der Waals surface area contributed by atoms with E-state index in [2.05, 4.69) is 4.84 Å². The molecule has 0 rings (SSSR count). The zero-order chi connectivity index (χ0) is 10.4. The largest absolute Gasteiger partial charge is 0.385 e. The molecule has 0 aliphatic heterocycles. The Morgan fingerprint density at radius 3 is 2.46 bits per heavy atom. The van der Waals surface area contributed by atoms with Crippen molar-refractivity contribution in [2.75, 3.05) is 6.54 Å². The SMILES string of the molecule is CC[C@H](C)[C@@H](CNCl)[C@H](O)C(C)=O. The summed E-state index contributed by atoms with van der Waals surface area (Å²) in [5.41, 5.74) is 0. The third-order valence-electron chi connectivity index (χ3n) is 2.51. The summed E-state index contributed by atoms with van der Waals surface area (Å²) in [6.07, 6.45) is 0.0225. The Morgan fingerprint density at radius 2 is 2.15 bits per heavy atom. The Bertz CT molecular complexity index is 164. The first-order valence-electron chi connectivity index (χ1n) is 4.56. The van der Waals surface area contributed by atoms with Crippen molar-refractivity contribution in [2.45, 2.75) is 33.3 Å². The molecule has 0 aliphatic rings. The lowest BCUT2D eigenvalue weighted by Crippen LogP contribution is -2.37. The van der Waals surface area contributed by atoms with Crippen molar-refractivity contribution in [3.05, 3.63) is 0 Å². The first-order chi connectivity index (χ1) is 6.04. The number of carbonyl (C=O) groups is 1. The van der Waals surface area contributed by atoms with Crippen molar-refractivity contribution in [1.29, 1.82) is 0 Å². The summed E-state index contributed by atoms with van der Waals surface area (Å²) >= 11 is 5.37. The summed E-state index contributed by atoms with van der Waals surface area (Å²) < 4.78 is 0. The summed E-state index contributed by atoms with van der Waals surface area (Å²) in [4.78, 5) is 13.4. The predicted molar refractivity (Wildman–Crippen MR) is 53.5 cm³/mol. The average molecular weight is 208 g/mol. The van der Waals surface area contributed by atoms with Crippen LogP contribution in [0.2, 0.25) is 0 Å². The van der Waals surface area contributed by atoms with Crippen LogP contribution < -0.4 is 4.84 Å². The fourth-order valence-electron chi connectivity index (χ4n) is 1.32. The van der Waals surface area contributed by atoms with Crippen LogP contribution in [0.5, 0.6) is 0 Å². The molecular formula is C9H18ClNO2. The standard InChI is InChI=1S/C9H18ClNO2/c1-4-6(2)8(5-11-10)9(13)7(3)12/h6,8-9,11,13H,4-5H2,1-3H3/t6-,8+,9+/m0/s1. The van der Waals surface area contributed by atoms with Crippen LogP contribution in [0, 0.1) is 11.8 Å². The van der Waals surface area contributed by atoms with Crippen molar-refractivity contribution in [3.8, 4) is 0 Å². The fraction of sp³-hybridized carbons (Fsp3) is 0.889. The van der Waals surface area contributed by atoms with E-state index < -0.39 is 6.10 Å². The summed E-state index contributed by atoms with van der Waals surface area (Å²) in [5, 5.41) is 9.57. The zero-order valence-electron chi connectivity index (χ0n) is 8.38. The van der Waals surface area contributed by atoms with E-state index in [0.29, 0.717) is 6.54 Å². The quantitative estimate of drug-likeness (QED) is 0.647. The van der Waals surface area contributed by atoms with Gasteiger partial charge in [0.05, 0.1) is 0 Å². The summed E-state index contributed by atoms with van der Waals surface area (Å²) in [7, 11) is 0. The average Bonchev–Trinajstić information content (AvgIpc) is 2.11. The van der Waals surface area contributed by atoms with Gasteiger partial charge in [0.15, 0.2) is 5.78 Å². The number of ketones is 1. The number of aliphatic hydroxyl groups excluding tert-OH is 1. The number of rotatable bonds is 6. The monoisotopic (exact) mass is 207 g/mol. The Labute approximate surface area is 84.6 Å². The van der Waals surface area contributed by atoms with Crippen LogP contribution in [-0.2, 0) is 4.79 Å². The molecule has 0 spiro atoms. The molecule has 0 unspecified atom stereocenters. The lowest BCUT2D eigenvalue weighted by atomic mass is 9.86. The molecule has 0 radical (unpaired) electrons. The minimum atomic E-state index is -0.902. The lowest BCUT2D eigenvalue weighted by molar-refractivity contribution is -0.128. The van der Waals surface area contributed by atoms with Crippen LogP contribution in [0.4, 0.5) is 0 Å². The minimum absolute atomic E-state index is 0.0972. The molecule has 0 bridgehead atoms. The number of hydrogen-bond donors (Lipinski definition) is 2. The number of hydrogen-bond acceptors (Lipinski definition) is 3. The molecular weight excluding hydrogens is 190 g/mol. The number of carbonyl (C=O) groups excluding carboxylic acids is 1. The normalized spacial score (nSPS) is 17.9. The van der Waals surface area contributed by atoms with Gasteiger partial charge in [-0.3, -0.25) is 4.79 Å². The molecule has 2 N–H and O–H groups in total. The first-order valence-corrected chi connectivity index (χ1v) is 4.94. The van der Waals surface area contributed by atoms with Gasteiger partial charge in [-0.1, -0.05) is 20.3 Å². The van der Waals surface area contributed by atoms with Crippen LogP contribution in [0.1, 0.15) is 27.2 Å². The van der Waals surface area contributed by atoms with Gasteiger partial charge in [0, 0.05) is 12.5 Å². The molecule has 0 aromatic rings. The van der Waals surface area contributed by atoms with E-state index in [4.69, 9.17) is 11.8 Å². The van der Waals surface area contributed by atoms with Crippen LogP contribution in [0.3, 0.4) is 0 Å². The summed E-state index contributed by atoms with van der Waals surface area (Å²) in [6, 6.07) is 0. The number of halogens is 1. The van der Waals surface area contributed by atoms with Crippen LogP contribution in [0.25, 0.3) is 0 Å². The van der Waals surface area contributed by atoms with Crippen molar-refractivity contribution in [2.24, 2.45) is 11.8 Å². The molecule has 13 heavy (non-hydrogen) atoms. The molecule has 0 aromatic carbocycles. The Morgan fingerprint density at radius 1 is 1.62 bits per heavy atom. The smallest absolute Gasteiger partial charge is 0.158 e. The molecule has 0 saturated heterocycles. The van der Waals surface area contributed by atoms with Gasteiger partial charge in [-0.05, 0) is 24.6 Å². The van der Waals surface area contributed by atoms with Gasteiger partial charge < -0.3 is 5.11 Å². The maximum absolute atomic E-state index is 11.0. The molecule has 0 aromatic heterocycles. The second kappa shape index (κ2) is 6.35. The highest BCUT2D eigenvalue weighted by molar-refractivity contribution is 6.13. The molecule has 0 heterocycles. The topological polar surface area (TPSA) is 49.3 Å². The van der Waals surface area contributed by atoms with E-state index in [0.717, 1.165) is 6.42 Å². The van der Waals surface area contributed by atoms with E-state index in [9.17, 15) is 9.90 Å². The predicted octanol–water partition coefficient (Wildman–Crippen LogP) is 1.34. The molecule has 4 heteroatoms. The van der Waals surface area contributed by atoms with Crippen LogP contribution in [-0.4, -0.2) is 23.5 Å². The zero-order valence-corrected chi connectivity index (χ0v) is 9.14. The van der Waals surface area contributed by atoms with Gasteiger partial charge in [0.2, 0.25) is 0 Å². The number of Topliss-reactive ketones (excluding diaryl/α,β-unsaturated/α-hetero) is 1. The van der Waals surface area contributed by atoms with Gasteiger partial charge in [-0.15, -0.1) is 0 Å². The van der Waals surface area contributed by atoms with Gasteiger partial charge in [0.25, 0.3) is 0 Å². The van der Waals surface area contributed by atoms with Crippen molar-refractivity contribution >= 4 is 17.6 Å². The van der Waals surface area contributed by atoms with Gasteiger partial charge >= 0.3 is 0 Å². The van der Waals surface area contributed by atoms with Gasteiger partial charge in [-0.25, -0.2) is 4.84 Å². The molecule has 3 atom stereocenters. The van der Waals surface area contributed by atoms with Crippen LogP contribution >= 0.6 is 11.8 Å². The van der Waals surface area contributed by atoms with E-state index in [1.807, 2.05) is 13.8 Å². The highest BCUT2D eigenvalue weighted by Crippen LogP contribution is 2.19.